The third-order valence-corrected chi connectivity index (χ3v) is 3.98. The van der Waals surface area contributed by atoms with Crippen LogP contribution in [0.5, 0.6) is 23.1 Å². The first-order valence-corrected chi connectivity index (χ1v) is 8.52. The van der Waals surface area contributed by atoms with E-state index in [9.17, 15) is 8.78 Å². The lowest BCUT2D eigenvalue weighted by Crippen LogP contribution is -2.16. The van der Waals surface area contributed by atoms with Crippen LogP contribution in [0.15, 0.2) is 30.6 Å². The Hall–Kier alpha value is -3.20. The monoisotopic (exact) mass is 390 g/mol. The van der Waals surface area contributed by atoms with E-state index in [0.29, 0.717) is 41.2 Å². The summed E-state index contributed by atoms with van der Waals surface area (Å²) in [6.07, 6.45) is 1.25. The van der Waals surface area contributed by atoms with Crippen LogP contribution in [0.25, 0.3) is 10.9 Å². The Morgan fingerprint density at radius 2 is 1.75 bits per heavy atom. The van der Waals surface area contributed by atoms with Gasteiger partial charge in [-0.1, -0.05) is 0 Å². The second kappa shape index (κ2) is 8.66. The molecule has 28 heavy (non-hydrogen) atoms. The van der Waals surface area contributed by atoms with E-state index < -0.39 is 17.4 Å². The maximum absolute atomic E-state index is 14.3. The molecule has 0 saturated carbocycles. The summed E-state index contributed by atoms with van der Waals surface area (Å²) in [4.78, 5) is 8.20. The number of rotatable bonds is 8. The van der Waals surface area contributed by atoms with Gasteiger partial charge in [-0.2, -0.15) is 0 Å². The molecule has 0 bridgehead atoms. The number of nitrogens with one attached hydrogen (secondary N) is 2. The summed E-state index contributed by atoms with van der Waals surface area (Å²) in [6, 6.07) is 5.54. The zero-order chi connectivity index (χ0) is 20.1. The zero-order valence-corrected chi connectivity index (χ0v) is 15.7. The molecule has 2 aromatic carbocycles. The predicted molar refractivity (Wildman–Crippen MR) is 101 cm³/mol. The number of benzene rings is 2. The van der Waals surface area contributed by atoms with E-state index in [0.717, 1.165) is 12.1 Å². The van der Waals surface area contributed by atoms with Gasteiger partial charge < -0.3 is 24.8 Å². The molecule has 0 saturated heterocycles. The number of likely N-dealkylation sites (N-methyl/N-ethyl adjacent to an activating group) is 1. The number of fused-ring (bicyclic) bond motifs is 1. The van der Waals surface area contributed by atoms with Crippen molar-refractivity contribution in [2.24, 2.45) is 0 Å². The van der Waals surface area contributed by atoms with Gasteiger partial charge in [0, 0.05) is 37.5 Å². The van der Waals surface area contributed by atoms with Gasteiger partial charge >= 0.3 is 0 Å². The Labute approximate surface area is 160 Å². The van der Waals surface area contributed by atoms with E-state index in [1.165, 1.54) is 13.4 Å². The quantitative estimate of drug-likeness (QED) is 0.571. The molecule has 0 aliphatic rings. The van der Waals surface area contributed by atoms with Gasteiger partial charge in [0.05, 0.1) is 18.0 Å². The van der Waals surface area contributed by atoms with Gasteiger partial charge in [0.25, 0.3) is 0 Å². The molecule has 0 spiro atoms. The lowest BCUT2D eigenvalue weighted by molar-refractivity contribution is 0.296. The number of hydrogen-bond acceptors (Lipinski definition) is 7. The lowest BCUT2D eigenvalue weighted by atomic mass is 10.2. The van der Waals surface area contributed by atoms with E-state index >= 15 is 0 Å². The van der Waals surface area contributed by atoms with Crippen LogP contribution >= 0.6 is 0 Å². The molecular weight excluding hydrogens is 370 g/mol. The minimum Gasteiger partial charge on any atom is -0.493 e. The van der Waals surface area contributed by atoms with Crippen molar-refractivity contribution in [1.82, 2.24) is 15.3 Å². The first-order valence-electron chi connectivity index (χ1n) is 8.52. The smallest absolute Gasteiger partial charge is 0.230 e. The fourth-order valence-corrected chi connectivity index (χ4v) is 2.56. The molecule has 1 heterocycles. The summed E-state index contributed by atoms with van der Waals surface area (Å²) in [5.74, 6) is -1.34. The van der Waals surface area contributed by atoms with Crippen LogP contribution in [0.3, 0.4) is 0 Å². The van der Waals surface area contributed by atoms with Crippen molar-refractivity contribution in [3.8, 4) is 23.1 Å². The van der Waals surface area contributed by atoms with Crippen molar-refractivity contribution in [3.63, 3.8) is 0 Å². The fourth-order valence-electron chi connectivity index (χ4n) is 2.56. The van der Waals surface area contributed by atoms with Gasteiger partial charge in [-0.15, -0.1) is 0 Å². The molecule has 1 aromatic heterocycles. The highest BCUT2D eigenvalue weighted by Crippen LogP contribution is 2.37. The first kappa shape index (κ1) is 19.6. The van der Waals surface area contributed by atoms with Crippen LogP contribution in [-0.4, -0.2) is 44.3 Å². The molecule has 0 aliphatic carbocycles. The highest BCUT2D eigenvalue weighted by atomic mass is 19.1. The van der Waals surface area contributed by atoms with Gasteiger partial charge in [0.2, 0.25) is 11.6 Å². The normalized spacial score (nSPS) is 10.8. The maximum Gasteiger partial charge on any atom is 0.230 e. The van der Waals surface area contributed by atoms with E-state index in [2.05, 4.69) is 20.6 Å². The van der Waals surface area contributed by atoms with Gasteiger partial charge in [-0.3, -0.25) is 0 Å². The summed E-state index contributed by atoms with van der Waals surface area (Å²) >= 11 is 0. The van der Waals surface area contributed by atoms with Crippen molar-refractivity contribution < 1.29 is 23.0 Å². The average Bonchev–Trinajstić information content (AvgIpc) is 2.70. The predicted octanol–water partition coefficient (Wildman–Crippen LogP) is 3.35. The Morgan fingerprint density at radius 3 is 2.39 bits per heavy atom. The van der Waals surface area contributed by atoms with Gasteiger partial charge in [-0.05, 0) is 13.1 Å². The van der Waals surface area contributed by atoms with Crippen LogP contribution in [0.1, 0.15) is 0 Å². The molecular formula is C19H20F2N4O3. The Morgan fingerprint density at radius 1 is 1.00 bits per heavy atom. The van der Waals surface area contributed by atoms with Gasteiger partial charge in [0.15, 0.2) is 23.1 Å². The van der Waals surface area contributed by atoms with Crippen molar-refractivity contribution in [2.75, 3.05) is 39.7 Å². The molecule has 9 heteroatoms. The molecule has 3 rings (SSSR count). The average molecular weight is 390 g/mol. The Bertz CT molecular complexity index is 962. The molecule has 148 valence electrons. The summed E-state index contributed by atoms with van der Waals surface area (Å²) in [7, 11) is 4.88. The number of hydrogen-bond donors (Lipinski definition) is 2. The molecule has 7 nitrogen and oxygen atoms in total. The van der Waals surface area contributed by atoms with Crippen molar-refractivity contribution >= 4 is 16.6 Å². The Balaban J connectivity index is 2.01. The summed E-state index contributed by atoms with van der Waals surface area (Å²) in [5, 5.41) is 6.08. The zero-order valence-electron chi connectivity index (χ0n) is 15.7. The standard InChI is InChI=1S/C19H20F2N4O3/c1-22-4-5-27-17-9-15-12(8-16(17)26-3)19(25-10-24-15)28-18-13(20)6-11(23-2)7-14(18)21/h6-10,22-23H,4-5H2,1-3H3. The number of aromatic nitrogens is 2. The Kier molecular flexibility index (Phi) is 6.05. The largest absolute Gasteiger partial charge is 0.493 e. The third kappa shape index (κ3) is 4.04. The number of methoxy groups -OCH3 is 1. The topological polar surface area (TPSA) is 77.5 Å². The first-order chi connectivity index (χ1) is 13.6. The van der Waals surface area contributed by atoms with Gasteiger partial charge in [0.1, 0.15) is 12.9 Å². The minimum atomic E-state index is -0.852. The van der Waals surface area contributed by atoms with Crippen LogP contribution in [0, 0.1) is 11.6 Å². The number of ether oxygens (including phenoxy) is 3. The van der Waals surface area contributed by atoms with Crippen molar-refractivity contribution in [1.29, 1.82) is 0 Å². The van der Waals surface area contributed by atoms with Gasteiger partial charge in [-0.25, -0.2) is 18.7 Å². The third-order valence-electron chi connectivity index (χ3n) is 3.98. The summed E-state index contributed by atoms with van der Waals surface area (Å²) in [5.41, 5.74) is 0.776. The van der Waals surface area contributed by atoms with Crippen LogP contribution in [-0.2, 0) is 0 Å². The van der Waals surface area contributed by atoms with Crippen LogP contribution in [0.4, 0.5) is 14.5 Å². The minimum absolute atomic E-state index is 0.0000764. The van der Waals surface area contributed by atoms with E-state index in [-0.39, 0.29) is 5.88 Å². The summed E-state index contributed by atoms with van der Waals surface area (Å²) in [6.45, 7) is 1.08. The molecule has 0 amide bonds. The van der Waals surface area contributed by atoms with E-state index in [4.69, 9.17) is 14.2 Å². The molecule has 0 unspecified atom stereocenters. The van der Waals surface area contributed by atoms with E-state index in [1.807, 2.05) is 7.05 Å². The van der Waals surface area contributed by atoms with Crippen molar-refractivity contribution in [3.05, 3.63) is 42.2 Å². The number of nitrogens with zero attached hydrogens (tertiary/aromatic N) is 2. The maximum atomic E-state index is 14.3. The highest BCUT2D eigenvalue weighted by Gasteiger charge is 2.18. The lowest BCUT2D eigenvalue weighted by Gasteiger charge is -2.14. The molecule has 0 atom stereocenters. The second-order valence-electron chi connectivity index (χ2n) is 5.77. The second-order valence-corrected chi connectivity index (χ2v) is 5.77. The summed E-state index contributed by atoms with van der Waals surface area (Å²) < 4.78 is 45.0. The fraction of sp³-hybridized carbons (Fsp3) is 0.263. The molecule has 3 aromatic rings. The molecule has 0 fully saturated rings. The van der Waals surface area contributed by atoms with Crippen LogP contribution < -0.4 is 24.8 Å². The SMILES string of the molecule is CNCCOc1cc2ncnc(Oc3c(F)cc(NC)cc3F)c2cc1OC. The number of anilines is 1. The van der Waals surface area contributed by atoms with Crippen LogP contribution in [0.2, 0.25) is 0 Å². The number of halogens is 2. The molecule has 2 N–H and O–H groups in total. The molecule has 0 aliphatic heterocycles. The molecule has 0 radical (unpaired) electrons. The van der Waals surface area contributed by atoms with Crippen molar-refractivity contribution in [2.45, 2.75) is 0 Å². The highest BCUT2D eigenvalue weighted by molar-refractivity contribution is 5.87. The van der Waals surface area contributed by atoms with E-state index in [1.54, 1.807) is 19.2 Å².